The molecule has 0 unspecified atom stereocenters. The highest BCUT2D eigenvalue weighted by molar-refractivity contribution is 7.80. The molecule has 3 N–H and O–H groups in total. The van der Waals surface area contributed by atoms with Gasteiger partial charge in [-0.1, -0.05) is 19.9 Å². The molecule has 0 heterocycles. The molecule has 1 amide bonds. The summed E-state index contributed by atoms with van der Waals surface area (Å²) in [6.07, 6.45) is 1.73. The number of rotatable bonds is 5. The van der Waals surface area contributed by atoms with Crippen molar-refractivity contribution >= 4 is 34.6 Å². The fourth-order valence-electron chi connectivity index (χ4n) is 1.26. The maximum absolute atomic E-state index is 11.5. The van der Waals surface area contributed by atoms with Gasteiger partial charge in [0.05, 0.1) is 0 Å². The van der Waals surface area contributed by atoms with Crippen LogP contribution < -0.4 is 16.0 Å². The molecular formula is C14H19N3OS. The summed E-state index contributed by atoms with van der Waals surface area (Å²) in [7, 11) is 0. The van der Waals surface area contributed by atoms with Crippen LogP contribution in [0.15, 0.2) is 36.9 Å². The van der Waals surface area contributed by atoms with Crippen molar-refractivity contribution in [3.8, 4) is 0 Å². The van der Waals surface area contributed by atoms with Gasteiger partial charge in [-0.15, -0.1) is 6.58 Å². The third-order valence-electron chi connectivity index (χ3n) is 2.34. The van der Waals surface area contributed by atoms with Gasteiger partial charge in [0.15, 0.2) is 5.11 Å². The predicted molar refractivity (Wildman–Crippen MR) is 84.3 cm³/mol. The molecule has 0 atom stereocenters. The summed E-state index contributed by atoms with van der Waals surface area (Å²) >= 11 is 5.10. The molecule has 4 nitrogen and oxygen atoms in total. The van der Waals surface area contributed by atoms with Gasteiger partial charge in [0, 0.05) is 23.8 Å². The van der Waals surface area contributed by atoms with Crippen LogP contribution >= 0.6 is 12.2 Å². The van der Waals surface area contributed by atoms with Gasteiger partial charge in [-0.25, -0.2) is 0 Å². The van der Waals surface area contributed by atoms with Gasteiger partial charge in [-0.2, -0.15) is 0 Å². The molecule has 0 saturated carbocycles. The molecule has 1 aromatic rings. The molecule has 0 aliphatic heterocycles. The van der Waals surface area contributed by atoms with Crippen LogP contribution in [0.2, 0.25) is 0 Å². The van der Waals surface area contributed by atoms with E-state index in [0.717, 1.165) is 11.4 Å². The first-order chi connectivity index (χ1) is 9.02. The molecule has 1 aromatic carbocycles. The normalized spacial score (nSPS) is 9.84. The van der Waals surface area contributed by atoms with Crippen LogP contribution in [0.1, 0.15) is 13.8 Å². The number of hydrogen-bond acceptors (Lipinski definition) is 2. The number of nitrogens with one attached hydrogen (secondary N) is 3. The Bertz CT molecular complexity index is 454. The van der Waals surface area contributed by atoms with E-state index in [1.54, 1.807) is 6.08 Å². The minimum Gasteiger partial charge on any atom is -0.359 e. The van der Waals surface area contributed by atoms with Crippen LogP contribution in [-0.4, -0.2) is 17.6 Å². The Balaban J connectivity index is 2.54. The average molecular weight is 277 g/mol. The van der Waals surface area contributed by atoms with E-state index in [1.165, 1.54) is 0 Å². The molecule has 0 aliphatic carbocycles. The molecular weight excluding hydrogens is 258 g/mol. The summed E-state index contributed by atoms with van der Waals surface area (Å²) in [5.74, 6) is -0.0302. The molecule has 0 radical (unpaired) electrons. The smallest absolute Gasteiger partial charge is 0.226 e. The second kappa shape index (κ2) is 7.53. The van der Waals surface area contributed by atoms with Crippen LogP contribution in [0, 0.1) is 5.92 Å². The fourth-order valence-corrected chi connectivity index (χ4v) is 1.46. The first-order valence-corrected chi connectivity index (χ1v) is 6.50. The highest BCUT2D eigenvalue weighted by atomic mass is 32.1. The molecule has 0 saturated heterocycles. The van der Waals surface area contributed by atoms with E-state index in [2.05, 4.69) is 22.5 Å². The number of thiocarbonyl (C=S) groups is 1. The average Bonchev–Trinajstić information content (AvgIpc) is 2.38. The Morgan fingerprint density at radius 1 is 1.26 bits per heavy atom. The summed E-state index contributed by atoms with van der Waals surface area (Å²) in [5.41, 5.74) is 1.64. The van der Waals surface area contributed by atoms with Crippen molar-refractivity contribution in [3.63, 3.8) is 0 Å². The third-order valence-corrected chi connectivity index (χ3v) is 2.59. The first kappa shape index (κ1) is 15.2. The number of anilines is 2. The molecule has 1 rings (SSSR count). The van der Waals surface area contributed by atoms with E-state index in [4.69, 9.17) is 12.2 Å². The lowest BCUT2D eigenvalue weighted by Gasteiger charge is -2.11. The lowest BCUT2D eigenvalue weighted by molar-refractivity contribution is -0.118. The molecule has 0 bridgehead atoms. The lowest BCUT2D eigenvalue weighted by Crippen LogP contribution is -2.28. The maximum Gasteiger partial charge on any atom is 0.226 e. The third kappa shape index (κ3) is 5.52. The zero-order valence-electron chi connectivity index (χ0n) is 11.2. The van der Waals surface area contributed by atoms with Crippen molar-refractivity contribution in [2.45, 2.75) is 13.8 Å². The first-order valence-electron chi connectivity index (χ1n) is 6.09. The van der Waals surface area contributed by atoms with Crippen molar-refractivity contribution in [1.82, 2.24) is 5.32 Å². The van der Waals surface area contributed by atoms with E-state index >= 15 is 0 Å². The number of benzene rings is 1. The Kier molecular flexibility index (Phi) is 6.02. The van der Waals surface area contributed by atoms with E-state index in [-0.39, 0.29) is 11.8 Å². The van der Waals surface area contributed by atoms with Crippen molar-refractivity contribution in [1.29, 1.82) is 0 Å². The van der Waals surface area contributed by atoms with Crippen molar-refractivity contribution in [2.24, 2.45) is 5.92 Å². The van der Waals surface area contributed by atoms with Gasteiger partial charge in [-0.3, -0.25) is 4.79 Å². The topological polar surface area (TPSA) is 53.2 Å². The van der Waals surface area contributed by atoms with Crippen molar-refractivity contribution in [2.75, 3.05) is 17.2 Å². The number of amides is 1. The van der Waals surface area contributed by atoms with Crippen LogP contribution in [0.4, 0.5) is 11.4 Å². The Morgan fingerprint density at radius 2 is 1.79 bits per heavy atom. The van der Waals surface area contributed by atoms with E-state index < -0.39 is 0 Å². The zero-order chi connectivity index (χ0) is 14.3. The van der Waals surface area contributed by atoms with Crippen molar-refractivity contribution in [3.05, 3.63) is 36.9 Å². The van der Waals surface area contributed by atoms with Crippen LogP contribution in [0.25, 0.3) is 0 Å². The van der Waals surface area contributed by atoms with Crippen molar-refractivity contribution < 1.29 is 4.79 Å². The second-order valence-corrected chi connectivity index (χ2v) is 4.75. The van der Waals surface area contributed by atoms with Gasteiger partial charge in [0.25, 0.3) is 0 Å². The molecule has 19 heavy (non-hydrogen) atoms. The summed E-state index contributed by atoms with van der Waals surface area (Å²) in [4.78, 5) is 11.5. The fraction of sp³-hybridized carbons (Fsp3) is 0.286. The second-order valence-electron chi connectivity index (χ2n) is 4.35. The predicted octanol–water partition coefficient (Wildman–Crippen LogP) is 2.75. The van der Waals surface area contributed by atoms with Gasteiger partial charge in [0.2, 0.25) is 5.91 Å². The van der Waals surface area contributed by atoms with Crippen LogP contribution in [0.5, 0.6) is 0 Å². The van der Waals surface area contributed by atoms with Gasteiger partial charge in [-0.05, 0) is 36.5 Å². The van der Waals surface area contributed by atoms with Gasteiger partial charge >= 0.3 is 0 Å². The molecule has 102 valence electrons. The highest BCUT2D eigenvalue weighted by Crippen LogP contribution is 2.14. The number of carbonyl (C=O) groups is 1. The number of hydrogen-bond donors (Lipinski definition) is 3. The Labute approximate surface area is 119 Å². The van der Waals surface area contributed by atoms with Gasteiger partial charge < -0.3 is 16.0 Å². The molecule has 0 aliphatic rings. The van der Waals surface area contributed by atoms with Crippen LogP contribution in [0.3, 0.4) is 0 Å². The molecule has 0 spiro atoms. The quantitative estimate of drug-likeness (QED) is 0.572. The van der Waals surface area contributed by atoms with E-state index in [1.807, 2.05) is 38.1 Å². The Hall–Kier alpha value is -1.88. The number of carbonyl (C=O) groups excluding carboxylic acids is 1. The molecule has 0 fully saturated rings. The SMILES string of the molecule is C=CCNC(=S)Nc1ccc(NC(=O)C(C)C)cc1. The summed E-state index contributed by atoms with van der Waals surface area (Å²) in [5, 5.41) is 9.38. The summed E-state index contributed by atoms with van der Waals surface area (Å²) in [6, 6.07) is 7.38. The minimum atomic E-state index is -0.0338. The Morgan fingerprint density at radius 3 is 2.26 bits per heavy atom. The van der Waals surface area contributed by atoms with E-state index in [9.17, 15) is 4.79 Å². The summed E-state index contributed by atoms with van der Waals surface area (Å²) in [6.45, 7) is 7.93. The van der Waals surface area contributed by atoms with E-state index in [0.29, 0.717) is 11.7 Å². The largest absolute Gasteiger partial charge is 0.359 e. The van der Waals surface area contributed by atoms with Crippen LogP contribution in [-0.2, 0) is 4.79 Å². The monoisotopic (exact) mass is 277 g/mol. The zero-order valence-corrected chi connectivity index (χ0v) is 12.0. The highest BCUT2D eigenvalue weighted by Gasteiger charge is 2.06. The molecule has 5 heteroatoms. The standard InChI is InChI=1S/C14H19N3OS/c1-4-9-15-14(19)17-12-7-5-11(6-8-12)16-13(18)10(2)3/h4-8,10H,1,9H2,2-3H3,(H,16,18)(H2,15,17,19). The minimum absolute atomic E-state index is 0.00359. The maximum atomic E-state index is 11.5. The lowest BCUT2D eigenvalue weighted by atomic mass is 10.2. The van der Waals surface area contributed by atoms with Gasteiger partial charge in [0.1, 0.15) is 0 Å². The summed E-state index contributed by atoms with van der Waals surface area (Å²) < 4.78 is 0. The molecule has 0 aromatic heterocycles.